The standard InChI is InChI=1S/C58H90O6/c1-5-7-9-11-13-15-17-19-21-23-29-47-35-39-49(40-36-47)45(3)63-55(59)43-61-57-51-31-25-27-33-53(51)58(54-34-28-26-32-52(54)57)62-44-56(60)64-46(4)50-41-37-48(38-42-50)30-24-22-20-18-16-14-12-10-8-6-2/h25-28,31-34,45-50H,5-24,29-30,35-44H2,1-4H3. The zero-order valence-corrected chi connectivity index (χ0v) is 41.2. The van der Waals surface area contributed by atoms with Crippen LogP contribution in [0.3, 0.4) is 0 Å². The highest BCUT2D eigenvalue weighted by Gasteiger charge is 2.29. The van der Waals surface area contributed by atoms with Crippen molar-refractivity contribution in [1.82, 2.24) is 0 Å². The van der Waals surface area contributed by atoms with Crippen LogP contribution in [0.5, 0.6) is 11.5 Å². The molecule has 2 fully saturated rings. The fourth-order valence-corrected chi connectivity index (χ4v) is 11.0. The molecule has 0 aromatic heterocycles. The number of ether oxygens (including phenoxy) is 4. The lowest BCUT2D eigenvalue weighted by Crippen LogP contribution is -2.30. The maximum Gasteiger partial charge on any atom is 0.344 e. The summed E-state index contributed by atoms with van der Waals surface area (Å²) in [6.07, 6.45) is 39.6. The van der Waals surface area contributed by atoms with E-state index in [-0.39, 0.29) is 37.4 Å². The molecule has 64 heavy (non-hydrogen) atoms. The SMILES string of the molecule is CCCCCCCCCCCCC1CCC(C(C)OC(=O)COc2c3ccccc3c(OCC(=O)OC(C)C3CCC(CCCCCCCCCCCC)CC3)c3ccccc23)CC1. The lowest BCUT2D eigenvalue weighted by Gasteiger charge is -2.32. The van der Waals surface area contributed by atoms with Crippen molar-refractivity contribution in [3.8, 4) is 11.5 Å². The molecule has 3 aromatic rings. The molecule has 6 heteroatoms. The number of benzene rings is 3. The molecule has 2 unspecified atom stereocenters. The Balaban J connectivity index is 1.02. The third kappa shape index (κ3) is 17.8. The fourth-order valence-electron chi connectivity index (χ4n) is 11.0. The highest BCUT2D eigenvalue weighted by atomic mass is 16.6. The first-order chi connectivity index (χ1) is 31.4. The van der Waals surface area contributed by atoms with Crippen molar-refractivity contribution in [2.45, 2.75) is 233 Å². The van der Waals surface area contributed by atoms with Gasteiger partial charge < -0.3 is 18.9 Å². The van der Waals surface area contributed by atoms with Crippen LogP contribution < -0.4 is 9.47 Å². The van der Waals surface area contributed by atoms with Crippen molar-refractivity contribution in [3.05, 3.63) is 48.5 Å². The molecule has 358 valence electrons. The minimum atomic E-state index is -0.340. The summed E-state index contributed by atoms with van der Waals surface area (Å²) in [7, 11) is 0. The second-order valence-electron chi connectivity index (χ2n) is 20.2. The molecule has 2 atom stereocenters. The zero-order chi connectivity index (χ0) is 45.2. The summed E-state index contributed by atoms with van der Waals surface area (Å²) in [5, 5.41) is 3.31. The van der Waals surface area contributed by atoms with Crippen LogP contribution in [0.1, 0.15) is 220 Å². The summed E-state index contributed by atoms with van der Waals surface area (Å²) in [6, 6.07) is 15.8. The largest absolute Gasteiger partial charge is 0.481 e. The molecule has 2 aliphatic carbocycles. The highest BCUT2D eigenvalue weighted by Crippen LogP contribution is 2.43. The number of carbonyl (C=O) groups excluding carboxylic acids is 2. The van der Waals surface area contributed by atoms with Crippen molar-refractivity contribution in [1.29, 1.82) is 0 Å². The van der Waals surface area contributed by atoms with E-state index in [1.807, 2.05) is 48.5 Å². The molecule has 0 saturated heterocycles. The fraction of sp³-hybridized carbons (Fsp3) is 0.724. The van der Waals surface area contributed by atoms with E-state index in [1.54, 1.807) is 0 Å². The van der Waals surface area contributed by atoms with Crippen LogP contribution in [-0.2, 0) is 19.1 Å². The van der Waals surface area contributed by atoms with E-state index in [0.717, 1.165) is 59.1 Å². The lowest BCUT2D eigenvalue weighted by atomic mass is 9.78. The van der Waals surface area contributed by atoms with Crippen LogP contribution in [0.25, 0.3) is 21.5 Å². The molecule has 0 bridgehead atoms. The van der Waals surface area contributed by atoms with Gasteiger partial charge in [0.1, 0.15) is 23.7 Å². The second-order valence-corrected chi connectivity index (χ2v) is 20.2. The average Bonchev–Trinajstić information content (AvgIpc) is 3.31. The number of rotatable bonds is 32. The third-order valence-electron chi connectivity index (χ3n) is 15.2. The number of carbonyl (C=O) groups is 2. The van der Waals surface area contributed by atoms with Gasteiger partial charge in [0.05, 0.1) is 0 Å². The normalized spacial score (nSPS) is 19.9. The van der Waals surface area contributed by atoms with Crippen molar-refractivity contribution in [2.75, 3.05) is 13.2 Å². The number of unbranched alkanes of at least 4 members (excludes halogenated alkanes) is 18. The van der Waals surface area contributed by atoms with Gasteiger partial charge in [-0.25, -0.2) is 9.59 Å². The van der Waals surface area contributed by atoms with Gasteiger partial charge in [-0.15, -0.1) is 0 Å². The summed E-state index contributed by atoms with van der Waals surface area (Å²) >= 11 is 0. The van der Waals surface area contributed by atoms with Crippen LogP contribution in [0, 0.1) is 23.7 Å². The maximum absolute atomic E-state index is 13.3. The van der Waals surface area contributed by atoms with Gasteiger partial charge in [-0.1, -0.05) is 229 Å². The Morgan fingerprint density at radius 1 is 0.438 bits per heavy atom. The van der Waals surface area contributed by atoms with Crippen molar-refractivity contribution in [2.24, 2.45) is 23.7 Å². The molecule has 6 nitrogen and oxygen atoms in total. The summed E-state index contributed by atoms with van der Waals surface area (Å²) in [4.78, 5) is 26.5. The molecule has 2 aliphatic rings. The third-order valence-corrected chi connectivity index (χ3v) is 15.2. The lowest BCUT2D eigenvalue weighted by molar-refractivity contribution is -0.154. The van der Waals surface area contributed by atoms with E-state index in [4.69, 9.17) is 18.9 Å². The van der Waals surface area contributed by atoms with Gasteiger partial charge in [-0.3, -0.25) is 0 Å². The molecule has 0 heterocycles. The predicted molar refractivity (Wildman–Crippen MR) is 267 cm³/mol. The molecule has 5 rings (SSSR count). The van der Waals surface area contributed by atoms with Crippen molar-refractivity contribution in [3.63, 3.8) is 0 Å². The van der Waals surface area contributed by atoms with Crippen LogP contribution in [-0.4, -0.2) is 37.4 Å². The number of fused-ring (bicyclic) bond motifs is 2. The van der Waals surface area contributed by atoms with E-state index < -0.39 is 0 Å². The quantitative estimate of drug-likeness (QED) is 0.0353. The van der Waals surface area contributed by atoms with Crippen molar-refractivity contribution >= 4 is 33.5 Å². The minimum Gasteiger partial charge on any atom is -0.481 e. The molecule has 0 spiro atoms. The molecule has 2 saturated carbocycles. The Morgan fingerprint density at radius 2 is 0.719 bits per heavy atom. The van der Waals surface area contributed by atoms with Gasteiger partial charge >= 0.3 is 11.9 Å². The van der Waals surface area contributed by atoms with E-state index in [2.05, 4.69) is 27.7 Å². The van der Waals surface area contributed by atoms with E-state index in [1.165, 1.54) is 167 Å². The minimum absolute atomic E-state index is 0.129. The molecule has 0 aliphatic heterocycles. The molecule has 0 amide bonds. The molecule has 0 radical (unpaired) electrons. The van der Waals surface area contributed by atoms with E-state index in [0.29, 0.717) is 23.3 Å². The van der Waals surface area contributed by atoms with Gasteiger partial charge in [0.25, 0.3) is 0 Å². The molecule has 0 N–H and O–H groups in total. The summed E-state index contributed by atoms with van der Waals surface area (Å²) < 4.78 is 24.7. The number of hydrogen-bond acceptors (Lipinski definition) is 6. The van der Waals surface area contributed by atoms with Gasteiger partial charge in [0.2, 0.25) is 0 Å². The van der Waals surface area contributed by atoms with E-state index >= 15 is 0 Å². The Hall–Kier alpha value is -3.28. The van der Waals surface area contributed by atoms with Gasteiger partial charge in [0.15, 0.2) is 13.2 Å². The molecular weight excluding hydrogens is 793 g/mol. The first-order valence-electron chi connectivity index (χ1n) is 27.0. The Kier molecular flexibility index (Phi) is 24.3. The average molecular weight is 883 g/mol. The van der Waals surface area contributed by atoms with Crippen LogP contribution >= 0.6 is 0 Å². The maximum atomic E-state index is 13.3. The monoisotopic (exact) mass is 883 g/mol. The topological polar surface area (TPSA) is 71.1 Å². The second kappa shape index (κ2) is 30.1. The Morgan fingerprint density at radius 3 is 1.02 bits per heavy atom. The smallest absolute Gasteiger partial charge is 0.344 e. The molecular formula is C58H90O6. The Bertz CT molecular complexity index is 1550. The zero-order valence-electron chi connectivity index (χ0n) is 41.2. The van der Waals surface area contributed by atoms with Crippen LogP contribution in [0.2, 0.25) is 0 Å². The van der Waals surface area contributed by atoms with Gasteiger partial charge in [0, 0.05) is 21.5 Å². The number of hydrogen-bond donors (Lipinski definition) is 0. The Labute approximate surface area is 390 Å². The summed E-state index contributed by atoms with van der Waals surface area (Å²) in [6.45, 7) is 8.34. The predicted octanol–water partition coefficient (Wildman–Crippen LogP) is 16.8. The highest BCUT2D eigenvalue weighted by molar-refractivity contribution is 6.11. The first kappa shape index (κ1) is 51.7. The van der Waals surface area contributed by atoms with Gasteiger partial charge in [-0.2, -0.15) is 0 Å². The summed E-state index contributed by atoms with van der Waals surface area (Å²) in [5.74, 6) is 3.00. The van der Waals surface area contributed by atoms with Crippen LogP contribution in [0.4, 0.5) is 0 Å². The number of esters is 2. The van der Waals surface area contributed by atoms with Gasteiger partial charge in [-0.05, 0) is 63.2 Å². The van der Waals surface area contributed by atoms with Crippen LogP contribution in [0.15, 0.2) is 48.5 Å². The first-order valence-corrected chi connectivity index (χ1v) is 27.0. The van der Waals surface area contributed by atoms with E-state index in [9.17, 15) is 9.59 Å². The molecule has 3 aromatic carbocycles. The van der Waals surface area contributed by atoms with Crippen molar-refractivity contribution < 1.29 is 28.5 Å². The summed E-state index contributed by atoms with van der Waals surface area (Å²) in [5.41, 5.74) is 0.